The zero-order chi connectivity index (χ0) is 14.3. The van der Waals surface area contributed by atoms with Crippen LogP contribution in [0.15, 0.2) is 34.2 Å². The number of halogens is 3. The maximum absolute atomic E-state index is 6.23. The van der Waals surface area contributed by atoms with E-state index in [9.17, 15) is 0 Å². The molecule has 1 aromatic carbocycles. The van der Waals surface area contributed by atoms with Crippen molar-refractivity contribution in [3.8, 4) is 21.8 Å². The van der Waals surface area contributed by atoms with Crippen LogP contribution in [0.1, 0.15) is 0 Å². The number of benzene rings is 1. The van der Waals surface area contributed by atoms with Crippen molar-refractivity contribution in [1.29, 1.82) is 0 Å². The quantitative estimate of drug-likeness (QED) is 0.656. The number of hydrogen-bond acceptors (Lipinski definition) is 4. The monoisotopic (exact) mass is 344 g/mol. The molecule has 3 aromatic rings. The molecule has 2 N–H and O–H groups in total. The van der Waals surface area contributed by atoms with Gasteiger partial charge >= 0.3 is 0 Å². The van der Waals surface area contributed by atoms with Crippen LogP contribution in [0.2, 0.25) is 15.1 Å². The number of anilines is 1. The summed E-state index contributed by atoms with van der Waals surface area (Å²) in [5, 5.41) is 7.17. The van der Waals surface area contributed by atoms with Crippen molar-refractivity contribution in [3.63, 3.8) is 0 Å². The second-order valence-electron chi connectivity index (χ2n) is 3.97. The molecule has 0 atom stereocenters. The van der Waals surface area contributed by atoms with E-state index in [-0.39, 0.29) is 5.82 Å². The third kappa shape index (κ3) is 2.19. The Labute approximate surface area is 133 Å². The van der Waals surface area contributed by atoms with E-state index in [1.807, 2.05) is 5.38 Å². The van der Waals surface area contributed by atoms with Gasteiger partial charge in [-0.2, -0.15) is 0 Å². The summed E-state index contributed by atoms with van der Waals surface area (Å²) in [5.74, 6) is 0.692. The molecule has 3 rings (SSSR count). The largest absolute Gasteiger partial charge is 0.380 e. The highest BCUT2D eigenvalue weighted by molar-refractivity contribution is 7.14. The standard InChI is InChI=1S/C13H7Cl3N2OS/c14-6-2-1-3-7(15)9(6)10-11(19-18-13(10)17)12-8(16)4-5-20-12/h1-5H,(H2,17,18). The van der Waals surface area contributed by atoms with Crippen molar-refractivity contribution in [2.24, 2.45) is 0 Å². The van der Waals surface area contributed by atoms with Crippen molar-refractivity contribution in [2.75, 3.05) is 5.73 Å². The van der Waals surface area contributed by atoms with Gasteiger partial charge in [-0.05, 0) is 23.6 Å². The average Bonchev–Trinajstić information content (AvgIpc) is 2.97. The molecule has 7 heteroatoms. The first-order valence-electron chi connectivity index (χ1n) is 5.52. The van der Waals surface area contributed by atoms with Gasteiger partial charge in [-0.3, -0.25) is 0 Å². The molecule has 0 amide bonds. The minimum absolute atomic E-state index is 0.222. The SMILES string of the molecule is Nc1noc(-c2sccc2Cl)c1-c1c(Cl)cccc1Cl. The van der Waals surface area contributed by atoms with Crippen LogP contribution in [0.5, 0.6) is 0 Å². The molecule has 0 aliphatic heterocycles. The molecule has 0 saturated heterocycles. The van der Waals surface area contributed by atoms with Gasteiger partial charge in [0.05, 0.1) is 25.5 Å². The van der Waals surface area contributed by atoms with Gasteiger partial charge in [-0.15, -0.1) is 11.3 Å². The zero-order valence-corrected chi connectivity index (χ0v) is 12.9. The van der Waals surface area contributed by atoms with Gasteiger partial charge in [0.25, 0.3) is 0 Å². The second-order valence-corrected chi connectivity index (χ2v) is 6.10. The molecule has 0 saturated carbocycles. The Balaban J connectivity index is 2.31. The molecule has 0 bridgehead atoms. The normalized spacial score (nSPS) is 10.9. The number of nitrogen functional groups attached to an aromatic ring is 1. The van der Waals surface area contributed by atoms with Crippen molar-refractivity contribution >= 4 is 52.0 Å². The van der Waals surface area contributed by atoms with E-state index in [0.29, 0.717) is 32.0 Å². The Morgan fingerprint density at radius 1 is 1.00 bits per heavy atom. The topological polar surface area (TPSA) is 52.0 Å². The number of rotatable bonds is 2. The third-order valence-corrected chi connectivity index (χ3v) is 4.72. The number of nitrogens with two attached hydrogens (primary N) is 1. The maximum Gasteiger partial charge on any atom is 0.188 e. The van der Waals surface area contributed by atoms with Crippen LogP contribution < -0.4 is 5.73 Å². The fourth-order valence-corrected chi connectivity index (χ4v) is 3.60. The van der Waals surface area contributed by atoms with E-state index in [2.05, 4.69) is 5.16 Å². The van der Waals surface area contributed by atoms with Gasteiger partial charge < -0.3 is 10.3 Å². The second kappa shape index (κ2) is 5.30. The van der Waals surface area contributed by atoms with Gasteiger partial charge in [0.15, 0.2) is 11.6 Å². The van der Waals surface area contributed by atoms with E-state index in [1.54, 1.807) is 24.3 Å². The van der Waals surface area contributed by atoms with E-state index >= 15 is 0 Å². The summed E-state index contributed by atoms with van der Waals surface area (Å²) in [6, 6.07) is 7.00. The van der Waals surface area contributed by atoms with E-state index in [4.69, 9.17) is 45.1 Å². The molecule has 20 heavy (non-hydrogen) atoms. The fourth-order valence-electron chi connectivity index (χ4n) is 1.89. The Morgan fingerprint density at radius 2 is 1.70 bits per heavy atom. The number of thiophene rings is 1. The first-order chi connectivity index (χ1) is 9.59. The van der Waals surface area contributed by atoms with Crippen LogP contribution in [-0.2, 0) is 0 Å². The van der Waals surface area contributed by atoms with Crippen LogP contribution >= 0.6 is 46.1 Å². The summed E-state index contributed by atoms with van der Waals surface area (Å²) in [6.45, 7) is 0. The lowest BCUT2D eigenvalue weighted by atomic mass is 10.0. The Bertz CT molecular complexity index is 762. The van der Waals surface area contributed by atoms with Crippen molar-refractivity contribution in [3.05, 3.63) is 44.7 Å². The van der Waals surface area contributed by atoms with Crippen molar-refractivity contribution in [2.45, 2.75) is 0 Å². The van der Waals surface area contributed by atoms with Gasteiger partial charge in [0, 0.05) is 5.56 Å². The van der Waals surface area contributed by atoms with Crippen molar-refractivity contribution in [1.82, 2.24) is 5.16 Å². The molecule has 102 valence electrons. The minimum atomic E-state index is 0.222. The van der Waals surface area contributed by atoms with Crippen LogP contribution in [0.4, 0.5) is 5.82 Å². The highest BCUT2D eigenvalue weighted by atomic mass is 35.5. The van der Waals surface area contributed by atoms with Gasteiger partial charge in [0.1, 0.15) is 0 Å². The van der Waals surface area contributed by atoms with E-state index in [1.165, 1.54) is 11.3 Å². The van der Waals surface area contributed by atoms with Gasteiger partial charge in [0.2, 0.25) is 0 Å². The lowest BCUT2D eigenvalue weighted by Crippen LogP contribution is -1.90. The Morgan fingerprint density at radius 3 is 2.30 bits per heavy atom. The average molecular weight is 346 g/mol. The van der Waals surface area contributed by atoms with Crippen LogP contribution in [-0.4, -0.2) is 5.16 Å². The minimum Gasteiger partial charge on any atom is -0.380 e. The summed E-state index contributed by atoms with van der Waals surface area (Å²) < 4.78 is 5.32. The summed E-state index contributed by atoms with van der Waals surface area (Å²) in [5.41, 5.74) is 7.06. The lowest BCUT2D eigenvalue weighted by molar-refractivity contribution is 0.437. The van der Waals surface area contributed by atoms with Crippen LogP contribution in [0.25, 0.3) is 21.8 Å². The van der Waals surface area contributed by atoms with E-state index < -0.39 is 0 Å². The van der Waals surface area contributed by atoms with Crippen LogP contribution in [0, 0.1) is 0 Å². The Hall–Kier alpha value is -1.20. The van der Waals surface area contributed by atoms with E-state index in [0.717, 1.165) is 4.88 Å². The molecule has 2 aromatic heterocycles. The van der Waals surface area contributed by atoms with Gasteiger partial charge in [-0.25, -0.2) is 0 Å². The fraction of sp³-hybridized carbons (Fsp3) is 0. The highest BCUT2D eigenvalue weighted by Crippen LogP contribution is 2.46. The predicted octanol–water partition coefficient (Wildman–Crippen LogP) is 5.61. The first-order valence-corrected chi connectivity index (χ1v) is 7.54. The summed E-state index contributed by atoms with van der Waals surface area (Å²) in [7, 11) is 0. The number of aromatic nitrogens is 1. The molecule has 0 radical (unpaired) electrons. The number of nitrogens with zero attached hydrogens (tertiary/aromatic N) is 1. The third-order valence-electron chi connectivity index (χ3n) is 2.75. The molecular formula is C13H7Cl3N2OS. The van der Waals surface area contributed by atoms with Gasteiger partial charge in [-0.1, -0.05) is 46.0 Å². The molecule has 0 unspecified atom stereocenters. The molecule has 0 spiro atoms. The Kier molecular flexibility index (Phi) is 3.65. The number of hydrogen-bond donors (Lipinski definition) is 1. The molecular weight excluding hydrogens is 339 g/mol. The molecule has 0 aliphatic carbocycles. The highest BCUT2D eigenvalue weighted by Gasteiger charge is 2.24. The zero-order valence-electron chi connectivity index (χ0n) is 9.86. The summed E-state index contributed by atoms with van der Waals surface area (Å²) >= 11 is 20.0. The molecule has 2 heterocycles. The molecule has 0 aliphatic rings. The predicted molar refractivity (Wildman–Crippen MR) is 84.7 cm³/mol. The smallest absolute Gasteiger partial charge is 0.188 e. The maximum atomic E-state index is 6.23. The molecule has 3 nitrogen and oxygen atoms in total. The summed E-state index contributed by atoms with van der Waals surface area (Å²) in [6.07, 6.45) is 0. The van der Waals surface area contributed by atoms with Crippen molar-refractivity contribution < 1.29 is 4.52 Å². The first kappa shape index (κ1) is 13.8. The lowest BCUT2D eigenvalue weighted by Gasteiger charge is -2.06. The van der Waals surface area contributed by atoms with Crippen LogP contribution in [0.3, 0.4) is 0 Å². The summed E-state index contributed by atoms with van der Waals surface area (Å²) in [4.78, 5) is 0.738. The molecule has 0 fully saturated rings.